The third kappa shape index (κ3) is 2.70. The van der Waals surface area contributed by atoms with Crippen molar-refractivity contribution in [3.8, 4) is 0 Å². The van der Waals surface area contributed by atoms with Gasteiger partial charge in [-0.1, -0.05) is 0 Å². The van der Waals surface area contributed by atoms with Gasteiger partial charge in [0.25, 0.3) is 0 Å². The molecular formula is C10H15IN2O2. The first-order valence-corrected chi connectivity index (χ1v) is 5.87. The van der Waals surface area contributed by atoms with E-state index in [-0.39, 0.29) is 11.5 Å². The van der Waals surface area contributed by atoms with Crippen molar-refractivity contribution in [3.05, 3.63) is 15.5 Å². The summed E-state index contributed by atoms with van der Waals surface area (Å²) in [7, 11) is 0. The summed E-state index contributed by atoms with van der Waals surface area (Å²) in [6.45, 7) is 8.29. The summed E-state index contributed by atoms with van der Waals surface area (Å²) in [6, 6.07) is 0. The Morgan fingerprint density at radius 2 is 2.20 bits per heavy atom. The van der Waals surface area contributed by atoms with Crippen LogP contribution in [0.25, 0.3) is 0 Å². The first-order valence-electron chi connectivity index (χ1n) is 4.79. The monoisotopic (exact) mass is 322 g/mol. The number of hydrogen-bond donors (Lipinski definition) is 0. The van der Waals surface area contributed by atoms with E-state index in [1.54, 1.807) is 13.1 Å². The summed E-state index contributed by atoms with van der Waals surface area (Å²) in [4.78, 5) is 11.5. The minimum Gasteiger partial charge on any atom is -0.462 e. The van der Waals surface area contributed by atoms with Crippen LogP contribution in [0.1, 0.15) is 38.1 Å². The van der Waals surface area contributed by atoms with E-state index in [0.29, 0.717) is 12.2 Å². The van der Waals surface area contributed by atoms with Crippen molar-refractivity contribution < 1.29 is 9.53 Å². The number of nitrogens with zero attached hydrogens (tertiary/aromatic N) is 2. The van der Waals surface area contributed by atoms with Crippen molar-refractivity contribution in [2.24, 2.45) is 0 Å². The second kappa shape index (κ2) is 4.51. The summed E-state index contributed by atoms with van der Waals surface area (Å²) in [6.07, 6.45) is 1.56. The fraction of sp³-hybridized carbons (Fsp3) is 0.600. The third-order valence-electron chi connectivity index (χ3n) is 1.84. The number of rotatable bonds is 2. The minimum atomic E-state index is -0.308. The summed E-state index contributed by atoms with van der Waals surface area (Å²) in [5.74, 6) is -0.308. The van der Waals surface area contributed by atoms with Crippen molar-refractivity contribution in [1.82, 2.24) is 9.78 Å². The zero-order valence-corrected chi connectivity index (χ0v) is 11.5. The van der Waals surface area contributed by atoms with Crippen LogP contribution in [0.5, 0.6) is 0 Å². The van der Waals surface area contributed by atoms with E-state index in [4.69, 9.17) is 4.74 Å². The lowest BCUT2D eigenvalue weighted by molar-refractivity contribution is 0.0524. The van der Waals surface area contributed by atoms with Crippen LogP contribution in [0.15, 0.2) is 6.20 Å². The molecule has 5 heteroatoms. The average Bonchev–Trinajstić information content (AvgIpc) is 2.46. The zero-order valence-electron chi connectivity index (χ0n) is 9.37. The number of esters is 1. The molecule has 84 valence electrons. The highest BCUT2D eigenvalue weighted by molar-refractivity contribution is 14.1. The molecule has 0 aliphatic heterocycles. The zero-order chi connectivity index (χ0) is 11.6. The fourth-order valence-corrected chi connectivity index (χ4v) is 2.35. The first kappa shape index (κ1) is 12.5. The van der Waals surface area contributed by atoms with Crippen LogP contribution in [0.3, 0.4) is 0 Å². The van der Waals surface area contributed by atoms with Gasteiger partial charge < -0.3 is 4.74 Å². The van der Waals surface area contributed by atoms with E-state index in [9.17, 15) is 4.79 Å². The Kier molecular flexibility index (Phi) is 3.75. The third-order valence-corrected chi connectivity index (χ3v) is 2.88. The molecule has 15 heavy (non-hydrogen) atoms. The van der Waals surface area contributed by atoms with Gasteiger partial charge in [-0.15, -0.1) is 0 Å². The quantitative estimate of drug-likeness (QED) is 0.620. The molecule has 0 unspecified atom stereocenters. The molecule has 1 aromatic heterocycles. The Bertz CT molecular complexity index is 366. The maximum Gasteiger partial charge on any atom is 0.342 e. The van der Waals surface area contributed by atoms with Crippen LogP contribution in [-0.2, 0) is 10.3 Å². The van der Waals surface area contributed by atoms with Gasteiger partial charge in [-0.3, -0.25) is 4.68 Å². The van der Waals surface area contributed by atoms with Crippen LogP contribution in [0.4, 0.5) is 0 Å². The molecule has 0 aliphatic rings. The molecule has 0 saturated heterocycles. The number of carbonyl (C=O) groups is 1. The SMILES string of the molecule is CCOC(=O)c1cnn(C(C)(C)C)c1I. The number of halogens is 1. The molecular weight excluding hydrogens is 307 g/mol. The van der Waals surface area contributed by atoms with Gasteiger partial charge in [-0.05, 0) is 50.3 Å². The summed E-state index contributed by atoms with van der Waals surface area (Å²) < 4.78 is 7.58. The Balaban J connectivity index is 3.04. The summed E-state index contributed by atoms with van der Waals surface area (Å²) in [5.41, 5.74) is 0.411. The number of hydrogen-bond acceptors (Lipinski definition) is 3. The van der Waals surface area contributed by atoms with Gasteiger partial charge in [-0.2, -0.15) is 5.10 Å². The molecule has 0 aromatic carbocycles. The fourth-order valence-electron chi connectivity index (χ4n) is 1.15. The van der Waals surface area contributed by atoms with Gasteiger partial charge >= 0.3 is 5.97 Å². The highest BCUT2D eigenvalue weighted by Gasteiger charge is 2.22. The molecule has 0 radical (unpaired) electrons. The Hall–Kier alpha value is -0.590. The number of ether oxygens (including phenoxy) is 1. The lowest BCUT2D eigenvalue weighted by atomic mass is 10.1. The Morgan fingerprint density at radius 1 is 1.60 bits per heavy atom. The lowest BCUT2D eigenvalue weighted by Crippen LogP contribution is -2.24. The molecule has 0 bridgehead atoms. The molecule has 1 rings (SSSR count). The van der Waals surface area contributed by atoms with Gasteiger partial charge in [0, 0.05) is 0 Å². The topological polar surface area (TPSA) is 44.1 Å². The molecule has 0 fully saturated rings. The van der Waals surface area contributed by atoms with Crippen LogP contribution < -0.4 is 0 Å². The van der Waals surface area contributed by atoms with Gasteiger partial charge in [-0.25, -0.2) is 4.79 Å². The molecule has 1 heterocycles. The van der Waals surface area contributed by atoms with Crippen LogP contribution in [-0.4, -0.2) is 22.4 Å². The molecule has 0 N–H and O–H groups in total. The predicted octanol–water partition coefficient (Wildman–Crippen LogP) is 2.42. The molecule has 0 saturated carbocycles. The largest absolute Gasteiger partial charge is 0.462 e. The molecule has 0 aliphatic carbocycles. The second-order valence-corrected chi connectivity index (χ2v) is 5.17. The van der Waals surface area contributed by atoms with E-state index in [1.807, 2.05) is 25.5 Å². The van der Waals surface area contributed by atoms with Crippen LogP contribution in [0.2, 0.25) is 0 Å². The minimum absolute atomic E-state index is 0.124. The highest BCUT2D eigenvalue weighted by Crippen LogP contribution is 2.21. The molecule has 1 aromatic rings. The normalized spacial score (nSPS) is 11.5. The average molecular weight is 322 g/mol. The number of carbonyl (C=O) groups excluding carboxylic acids is 1. The van der Waals surface area contributed by atoms with Crippen molar-refractivity contribution in [2.75, 3.05) is 6.61 Å². The van der Waals surface area contributed by atoms with Crippen molar-refractivity contribution >= 4 is 28.6 Å². The highest BCUT2D eigenvalue weighted by atomic mass is 127. The van der Waals surface area contributed by atoms with E-state index >= 15 is 0 Å². The first-order chi connectivity index (χ1) is 6.88. The van der Waals surface area contributed by atoms with Crippen LogP contribution >= 0.6 is 22.6 Å². The van der Waals surface area contributed by atoms with Crippen molar-refractivity contribution in [3.63, 3.8) is 0 Å². The molecule has 4 nitrogen and oxygen atoms in total. The second-order valence-electron chi connectivity index (χ2n) is 4.15. The van der Waals surface area contributed by atoms with Gasteiger partial charge in [0.2, 0.25) is 0 Å². The van der Waals surface area contributed by atoms with Gasteiger partial charge in [0.15, 0.2) is 0 Å². The maximum absolute atomic E-state index is 11.5. The smallest absolute Gasteiger partial charge is 0.342 e. The number of aromatic nitrogens is 2. The lowest BCUT2D eigenvalue weighted by Gasteiger charge is -2.20. The van der Waals surface area contributed by atoms with E-state index in [0.717, 1.165) is 3.70 Å². The van der Waals surface area contributed by atoms with Crippen LogP contribution in [0, 0.1) is 3.70 Å². The standard InChI is InChI=1S/C10H15IN2O2/c1-5-15-9(14)7-6-12-13(8(7)11)10(2,3)4/h6H,5H2,1-4H3. The molecule has 0 amide bonds. The Morgan fingerprint density at radius 3 is 2.60 bits per heavy atom. The van der Waals surface area contributed by atoms with Crippen molar-refractivity contribution in [2.45, 2.75) is 33.2 Å². The maximum atomic E-state index is 11.5. The van der Waals surface area contributed by atoms with E-state index < -0.39 is 0 Å². The van der Waals surface area contributed by atoms with Gasteiger partial charge in [0.05, 0.1) is 18.3 Å². The van der Waals surface area contributed by atoms with E-state index in [1.165, 1.54) is 0 Å². The van der Waals surface area contributed by atoms with Crippen molar-refractivity contribution in [1.29, 1.82) is 0 Å². The van der Waals surface area contributed by atoms with Gasteiger partial charge in [0.1, 0.15) is 9.26 Å². The summed E-state index contributed by atoms with van der Waals surface area (Å²) in [5, 5.41) is 4.20. The molecule has 0 spiro atoms. The molecule has 0 atom stereocenters. The predicted molar refractivity (Wildman–Crippen MR) is 65.9 cm³/mol. The Labute approximate surface area is 103 Å². The van der Waals surface area contributed by atoms with E-state index in [2.05, 4.69) is 27.7 Å². The summed E-state index contributed by atoms with van der Waals surface area (Å²) >= 11 is 2.12.